The van der Waals surface area contributed by atoms with E-state index in [1.165, 1.54) is 0 Å². The molecule has 1 rings (SSSR count). The number of nitrogens with zero attached hydrogens (tertiary/aromatic N) is 1. The van der Waals surface area contributed by atoms with E-state index in [1.54, 1.807) is 6.20 Å². The number of hydrogen-bond acceptors (Lipinski definition) is 2. The maximum atomic E-state index is 5.89. The zero-order valence-electron chi connectivity index (χ0n) is 8.05. The zero-order chi connectivity index (χ0) is 9.68. The van der Waals surface area contributed by atoms with Crippen LogP contribution in [0.5, 0.6) is 0 Å². The number of pyridine rings is 1. The van der Waals surface area contributed by atoms with Gasteiger partial charge in [-0.3, -0.25) is 0 Å². The van der Waals surface area contributed by atoms with E-state index in [0.29, 0.717) is 11.1 Å². The Morgan fingerprint density at radius 2 is 2.31 bits per heavy atom. The number of halogens is 1. The van der Waals surface area contributed by atoms with Gasteiger partial charge in [0.2, 0.25) is 0 Å². The van der Waals surface area contributed by atoms with Gasteiger partial charge in [0, 0.05) is 18.3 Å². The molecule has 1 aromatic heterocycles. The molecule has 0 aliphatic rings. The number of nitrogens with one attached hydrogen (secondary N) is 1. The molecule has 0 aliphatic carbocycles. The molecule has 0 atom stereocenters. The molecule has 72 valence electrons. The van der Waals surface area contributed by atoms with Gasteiger partial charge in [-0.2, -0.15) is 0 Å². The average Bonchev–Trinajstić information content (AvgIpc) is 2.08. The van der Waals surface area contributed by atoms with Crippen molar-refractivity contribution in [2.24, 2.45) is 5.92 Å². The standard InChI is InChI=1S/C10H15ClN2/c1-8(2)6-12-7-9-4-3-5-13-10(9)11/h3-5,8,12H,6-7H2,1-2H3. The van der Waals surface area contributed by atoms with Crippen LogP contribution < -0.4 is 5.32 Å². The van der Waals surface area contributed by atoms with Gasteiger partial charge in [-0.1, -0.05) is 31.5 Å². The molecule has 1 aromatic rings. The molecule has 0 bridgehead atoms. The Kier molecular flexibility index (Phi) is 4.19. The van der Waals surface area contributed by atoms with Crippen LogP contribution >= 0.6 is 11.6 Å². The van der Waals surface area contributed by atoms with Gasteiger partial charge in [-0.25, -0.2) is 4.98 Å². The lowest BCUT2D eigenvalue weighted by molar-refractivity contribution is 0.552. The minimum atomic E-state index is 0.596. The highest BCUT2D eigenvalue weighted by atomic mass is 35.5. The lowest BCUT2D eigenvalue weighted by Gasteiger charge is -2.07. The Morgan fingerprint density at radius 3 is 2.92 bits per heavy atom. The van der Waals surface area contributed by atoms with Gasteiger partial charge >= 0.3 is 0 Å². The summed E-state index contributed by atoms with van der Waals surface area (Å²) in [6.07, 6.45) is 1.70. The minimum Gasteiger partial charge on any atom is -0.312 e. The molecular formula is C10H15ClN2. The normalized spacial score (nSPS) is 10.8. The second-order valence-electron chi connectivity index (χ2n) is 3.48. The highest BCUT2D eigenvalue weighted by molar-refractivity contribution is 6.30. The zero-order valence-corrected chi connectivity index (χ0v) is 8.80. The van der Waals surface area contributed by atoms with E-state index in [0.717, 1.165) is 18.7 Å². The first kappa shape index (κ1) is 10.5. The fraction of sp³-hybridized carbons (Fsp3) is 0.500. The molecule has 1 N–H and O–H groups in total. The summed E-state index contributed by atoms with van der Waals surface area (Å²) in [5.41, 5.74) is 1.06. The molecule has 2 nitrogen and oxygen atoms in total. The Labute approximate surface area is 84.3 Å². The predicted octanol–water partition coefficient (Wildman–Crippen LogP) is 2.48. The van der Waals surface area contributed by atoms with Crippen LogP contribution in [0.25, 0.3) is 0 Å². The molecule has 0 unspecified atom stereocenters. The topological polar surface area (TPSA) is 24.9 Å². The first-order valence-electron chi connectivity index (χ1n) is 4.50. The third-order valence-electron chi connectivity index (χ3n) is 1.70. The van der Waals surface area contributed by atoms with Crippen LogP contribution in [0.3, 0.4) is 0 Å². The van der Waals surface area contributed by atoms with E-state index < -0.39 is 0 Å². The Bertz CT molecular complexity index is 261. The van der Waals surface area contributed by atoms with E-state index in [9.17, 15) is 0 Å². The molecule has 0 radical (unpaired) electrons. The second kappa shape index (κ2) is 5.20. The van der Waals surface area contributed by atoms with Crippen LogP contribution in [0.1, 0.15) is 19.4 Å². The maximum Gasteiger partial charge on any atom is 0.133 e. The van der Waals surface area contributed by atoms with Gasteiger partial charge < -0.3 is 5.32 Å². The number of aromatic nitrogens is 1. The molecule has 1 heterocycles. The first-order chi connectivity index (χ1) is 6.20. The van der Waals surface area contributed by atoms with Crippen molar-refractivity contribution in [2.45, 2.75) is 20.4 Å². The van der Waals surface area contributed by atoms with Crippen LogP contribution in [-0.4, -0.2) is 11.5 Å². The lowest BCUT2D eigenvalue weighted by atomic mass is 10.2. The highest BCUT2D eigenvalue weighted by Crippen LogP contribution is 2.10. The fourth-order valence-electron chi connectivity index (χ4n) is 1.05. The molecule has 13 heavy (non-hydrogen) atoms. The molecule has 0 spiro atoms. The highest BCUT2D eigenvalue weighted by Gasteiger charge is 1.99. The van der Waals surface area contributed by atoms with Gasteiger partial charge in [0.05, 0.1) is 0 Å². The van der Waals surface area contributed by atoms with E-state index in [4.69, 9.17) is 11.6 Å². The summed E-state index contributed by atoms with van der Waals surface area (Å²) in [7, 11) is 0. The summed E-state index contributed by atoms with van der Waals surface area (Å²) >= 11 is 5.89. The summed E-state index contributed by atoms with van der Waals surface area (Å²) in [5.74, 6) is 0.662. The van der Waals surface area contributed by atoms with E-state index in [2.05, 4.69) is 24.1 Å². The molecule has 0 amide bonds. The van der Waals surface area contributed by atoms with Gasteiger partial charge in [-0.15, -0.1) is 0 Å². The quantitative estimate of drug-likeness (QED) is 0.752. The van der Waals surface area contributed by atoms with Crippen LogP contribution in [-0.2, 0) is 6.54 Å². The summed E-state index contributed by atoms with van der Waals surface area (Å²) in [6, 6.07) is 3.89. The second-order valence-corrected chi connectivity index (χ2v) is 3.84. The third kappa shape index (κ3) is 3.75. The predicted molar refractivity (Wildman–Crippen MR) is 55.8 cm³/mol. The third-order valence-corrected chi connectivity index (χ3v) is 2.04. The molecule has 0 saturated heterocycles. The van der Waals surface area contributed by atoms with E-state index in [1.807, 2.05) is 12.1 Å². The minimum absolute atomic E-state index is 0.596. The Balaban J connectivity index is 2.41. The van der Waals surface area contributed by atoms with Gasteiger partial charge in [-0.05, 0) is 18.5 Å². The molecule has 0 saturated carbocycles. The van der Waals surface area contributed by atoms with Crippen LogP contribution in [0.4, 0.5) is 0 Å². The SMILES string of the molecule is CC(C)CNCc1cccnc1Cl. The Morgan fingerprint density at radius 1 is 1.54 bits per heavy atom. The molecule has 0 fully saturated rings. The monoisotopic (exact) mass is 198 g/mol. The maximum absolute atomic E-state index is 5.89. The molecule has 0 aliphatic heterocycles. The van der Waals surface area contributed by atoms with Gasteiger partial charge in [0.15, 0.2) is 0 Å². The van der Waals surface area contributed by atoms with Crippen molar-refractivity contribution in [3.63, 3.8) is 0 Å². The first-order valence-corrected chi connectivity index (χ1v) is 4.88. The fourth-order valence-corrected chi connectivity index (χ4v) is 1.23. The van der Waals surface area contributed by atoms with Gasteiger partial charge in [0.25, 0.3) is 0 Å². The number of rotatable bonds is 4. The van der Waals surface area contributed by atoms with Crippen molar-refractivity contribution < 1.29 is 0 Å². The van der Waals surface area contributed by atoms with E-state index >= 15 is 0 Å². The number of hydrogen-bond donors (Lipinski definition) is 1. The molecular weight excluding hydrogens is 184 g/mol. The molecule has 0 aromatic carbocycles. The van der Waals surface area contributed by atoms with Crippen molar-refractivity contribution in [2.75, 3.05) is 6.54 Å². The van der Waals surface area contributed by atoms with Crippen molar-refractivity contribution in [1.29, 1.82) is 0 Å². The molecule has 3 heteroatoms. The lowest BCUT2D eigenvalue weighted by Crippen LogP contribution is -2.19. The smallest absolute Gasteiger partial charge is 0.133 e. The van der Waals surface area contributed by atoms with Crippen molar-refractivity contribution in [3.8, 4) is 0 Å². The van der Waals surface area contributed by atoms with E-state index in [-0.39, 0.29) is 0 Å². The van der Waals surface area contributed by atoms with Crippen molar-refractivity contribution in [1.82, 2.24) is 10.3 Å². The van der Waals surface area contributed by atoms with Crippen molar-refractivity contribution in [3.05, 3.63) is 29.0 Å². The largest absolute Gasteiger partial charge is 0.312 e. The Hall–Kier alpha value is -0.600. The summed E-state index contributed by atoms with van der Waals surface area (Å²) in [4.78, 5) is 4.00. The van der Waals surface area contributed by atoms with Crippen molar-refractivity contribution >= 4 is 11.6 Å². The summed E-state index contributed by atoms with van der Waals surface area (Å²) in [5, 5.41) is 3.91. The summed E-state index contributed by atoms with van der Waals surface area (Å²) in [6.45, 7) is 6.16. The van der Waals surface area contributed by atoms with Crippen LogP contribution in [0, 0.1) is 5.92 Å². The summed E-state index contributed by atoms with van der Waals surface area (Å²) < 4.78 is 0. The average molecular weight is 199 g/mol. The van der Waals surface area contributed by atoms with Gasteiger partial charge in [0.1, 0.15) is 5.15 Å². The van der Waals surface area contributed by atoms with Crippen LogP contribution in [0.15, 0.2) is 18.3 Å². The van der Waals surface area contributed by atoms with Crippen LogP contribution in [0.2, 0.25) is 5.15 Å².